The van der Waals surface area contributed by atoms with E-state index in [4.69, 9.17) is 21.1 Å². The number of morpholine rings is 1. The number of methoxy groups -OCH3 is 1. The van der Waals surface area contributed by atoms with Crippen molar-refractivity contribution in [2.75, 3.05) is 26.0 Å². The highest BCUT2D eigenvalue weighted by molar-refractivity contribution is 7.99. The molecule has 1 aromatic heterocycles. The number of para-hydroxylation sites is 1. The Hall–Kier alpha value is -2.55. The van der Waals surface area contributed by atoms with Gasteiger partial charge in [0.25, 0.3) is 5.56 Å². The van der Waals surface area contributed by atoms with Crippen molar-refractivity contribution in [3.8, 4) is 11.4 Å². The van der Waals surface area contributed by atoms with Gasteiger partial charge in [-0.2, -0.15) is 0 Å². The van der Waals surface area contributed by atoms with Crippen LogP contribution in [-0.4, -0.2) is 58.5 Å². The summed E-state index contributed by atoms with van der Waals surface area (Å²) in [6.07, 6.45) is -0.0165. The van der Waals surface area contributed by atoms with E-state index >= 15 is 0 Å². The lowest BCUT2D eigenvalue weighted by Gasteiger charge is -2.35. The molecule has 0 unspecified atom stereocenters. The molecular formula is C23H24ClN3O4S. The molecule has 0 radical (unpaired) electrons. The molecule has 1 amide bonds. The predicted octanol–water partition coefficient (Wildman–Crippen LogP) is 3.78. The van der Waals surface area contributed by atoms with Gasteiger partial charge in [0, 0.05) is 13.1 Å². The third-order valence-electron chi connectivity index (χ3n) is 5.24. The molecule has 4 rings (SSSR count). The van der Waals surface area contributed by atoms with Crippen LogP contribution in [0.25, 0.3) is 16.6 Å². The Kier molecular flexibility index (Phi) is 6.74. The summed E-state index contributed by atoms with van der Waals surface area (Å²) in [6, 6.07) is 12.3. The quantitative estimate of drug-likeness (QED) is 0.415. The van der Waals surface area contributed by atoms with Crippen LogP contribution in [0.1, 0.15) is 13.8 Å². The summed E-state index contributed by atoms with van der Waals surface area (Å²) < 4.78 is 12.4. The van der Waals surface area contributed by atoms with Gasteiger partial charge < -0.3 is 14.4 Å². The van der Waals surface area contributed by atoms with Crippen molar-refractivity contribution in [2.45, 2.75) is 31.2 Å². The summed E-state index contributed by atoms with van der Waals surface area (Å²) in [5.74, 6) is 0.657. The Morgan fingerprint density at radius 3 is 2.62 bits per heavy atom. The van der Waals surface area contributed by atoms with Crippen molar-refractivity contribution < 1.29 is 14.3 Å². The highest BCUT2D eigenvalue weighted by atomic mass is 35.5. The fourth-order valence-electron chi connectivity index (χ4n) is 3.83. The van der Waals surface area contributed by atoms with E-state index in [1.54, 1.807) is 41.3 Å². The van der Waals surface area contributed by atoms with Gasteiger partial charge in [-0.05, 0) is 44.2 Å². The van der Waals surface area contributed by atoms with Crippen LogP contribution in [0.4, 0.5) is 0 Å². The monoisotopic (exact) mass is 473 g/mol. The SMILES string of the molecule is COc1ccc(-n2c(SCC(=O)N3C[C@@H](C)O[C@H](C)C3)nc3ccccc3c2=O)cc1Cl. The number of nitrogens with zero attached hydrogens (tertiary/aromatic N) is 3. The number of hydrogen-bond donors (Lipinski definition) is 0. The minimum absolute atomic E-state index is 0.00823. The van der Waals surface area contributed by atoms with Crippen LogP contribution in [0, 0.1) is 0 Å². The molecule has 1 aliphatic heterocycles. The maximum Gasteiger partial charge on any atom is 0.266 e. The van der Waals surface area contributed by atoms with Crippen LogP contribution in [0.2, 0.25) is 5.02 Å². The Morgan fingerprint density at radius 1 is 1.22 bits per heavy atom. The minimum Gasteiger partial charge on any atom is -0.495 e. The second kappa shape index (κ2) is 9.52. The van der Waals surface area contributed by atoms with E-state index in [0.717, 1.165) is 0 Å². The van der Waals surface area contributed by atoms with Crippen LogP contribution in [0.5, 0.6) is 5.75 Å². The predicted molar refractivity (Wildman–Crippen MR) is 126 cm³/mol. The summed E-state index contributed by atoms with van der Waals surface area (Å²) >= 11 is 7.55. The van der Waals surface area contributed by atoms with Crippen LogP contribution in [0.15, 0.2) is 52.4 Å². The number of carbonyl (C=O) groups excluding carboxylic acids is 1. The van der Waals surface area contributed by atoms with Crippen molar-refractivity contribution in [2.24, 2.45) is 0 Å². The van der Waals surface area contributed by atoms with E-state index in [-0.39, 0.29) is 29.4 Å². The zero-order valence-corrected chi connectivity index (χ0v) is 19.7. The first-order chi connectivity index (χ1) is 15.4. The summed E-state index contributed by atoms with van der Waals surface area (Å²) in [6.45, 7) is 5.02. The molecule has 0 bridgehead atoms. The zero-order chi connectivity index (χ0) is 22.8. The summed E-state index contributed by atoms with van der Waals surface area (Å²) in [4.78, 5) is 32.8. The van der Waals surface area contributed by atoms with Crippen LogP contribution in [0.3, 0.4) is 0 Å². The lowest BCUT2D eigenvalue weighted by atomic mass is 10.2. The second-order valence-electron chi connectivity index (χ2n) is 7.72. The fourth-order valence-corrected chi connectivity index (χ4v) is 5.00. The molecular weight excluding hydrogens is 450 g/mol. The van der Waals surface area contributed by atoms with Gasteiger partial charge in [-0.25, -0.2) is 4.98 Å². The van der Waals surface area contributed by atoms with Crippen molar-refractivity contribution in [1.82, 2.24) is 14.5 Å². The highest BCUT2D eigenvalue weighted by Crippen LogP contribution is 2.29. The van der Waals surface area contributed by atoms with Crippen molar-refractivity contribution >= 4 is 40.2 Å². The van der Waals surface area contributed by atoms with Crippen LogP contribution in [-0.2, 0) is 9.53 Å². The summed E-state index contributed by atoms with van der Waals surface area (Å²) in [5.41, 5.74) is 0.917. The van der Waals surface area contributed by atoms with Crippen molar-refractivity contribution in [3.05, 3.63) is 57.8 Å². The molecule has 168 valence electrons. The van der Waals surface area contributed by atoms with Crippen LogP contribution < -0.4 is 10.3 Å². The molecule has 2 heterocycles. The van der Waals surface area contributed by atoms with E-state index < -0.39 is 0 Å². The number of carbonyl (C=O) groups is 1. The number of halogens is 1. The topological polar surface area (TPSA) is 73.7 Å². The number of amides is 1. The molecule has 2 aromatic carbocycles. The molecule has 7 nitrogen and oxygen atoms in total. The Balaban J connectivity index is 1.70. The summed E-state index contributed by atoms with van der Waals surface area (Å²) in [5, 5.41) is 1.30. The van der Waals surface area contributed by atoms with Gasteiger partial charge in [-0.15, -0.1) is 0 Å². The molecule has 0 saturated carbocycles. The number of thioether (sulfide) groups is 1. The molecule has 1 fully saturated rings. The van der Waals surface area contributed by atoms with Crippen molar-refractivity contribution in [3.63, 3.8) is 0 Å². The average Bonchev–Trinajstić information content (AvgIpc) is 2.77. The number of aromatic nitrogens is 2. The number of benzene rings is 2. The smallest absolute Gasteiger partial charge is 0.266 e. The zero-order valence-electron chi connectivity index (χ0n) is 18.1. The summed E-state index contributed by atoms with van der Waals surface area (Å²) in [7, 11) is 1.53. The van der Waals surface area contributed by atoms with E-state index in [0.29, 0.717) is 45.6 Å². The van der Waals surface area contributed by atoms with E-state index in [1.807, 2.05) is 19.9 Å². The largest absolute Gasteiger partial charge is 0.495 e. The number of fused-ring (bicyclic) bond motifs is 1. The lowest BCUT2D eigenvalue weighted by Crippen LogP contribution is -2.48. The van der Waals surface area contributed by atoms with Crippen molar-refractivity contribution in [1.29, 1.82) is 0 Å². The Bertz CT molecular complexity index is 1210. The standard InChI is InChI=1S/C23H24ClN3O4S/c1-14-11-26(12-15(2)31-14)21(28)13-32-23-25-19-7-5-4-6-17(19)22(29)27(23)16-8-9-20(30-3)18(24)10-16/h4-10,14-15H,11-13H2,1-3H3/t14-,15-/m1/s1. The fraction of sp³-hybridized carbons (Fsp3) is 0.348. The highest BCUT2D eigenvalue weighted by Gasteiger charge is 2.26. The maximum atomic E-state index is 13.4. The van der Waals surface area contributed by atoms with Gasteiger partial charge >= 0.3 is 0 Å². The third-order valence-corrected chi connectivity index (χ3v) is 6.45. The van der Waals surface area contributed by atoms with Gasteiger partial charge in [0.2, 0.25) is 5.91 Å². The average molecular weight is 474 g/mol. The molecule has 0 aliphatic carbocycles. The normalized spacial score (nSPS) is 18.7. The van der Waals surface area contributed by atoms with Gasteiger partial charge in [0.1, 0.15) is 5.75 Å². The third kappa shape index (κ3) is 4.62. The van der Waals surface area contributed by atoms with Gasteiger partial charge in [-0.1, -0.05) is 35.5 Å². The van der Waals surface area contributed by atoms with Crippen LogP contribution >= 0.6 is 23.4 Å². The van der Waals surface area contributed by atoms with E-state index in [2.05, 4.69) is 4.98 Å². The molecule has 1 saturated heterocycles. The number of rotatable bonds is 5. The molecule has 3 aromatic rings. The molecule has 2 atom stereocenters. The first-order valence-electron chi connectivity index (χ1n) is 10.3. The van der Waals surface area contributed by atoms with E-state index in [9.17, 15) is 9.59 Å². The number of hydrogen-bond acceptors (Lipinski definition) is 6. The lowest BCUT2D eigenvalue weighted by molar-refractivity contribution is -0.140. The van der Waals surface area contributed by atoms with Gasteiger partial charge in [0.05, 0.1) is 46.7 Å². The maximum absolute atomic E-state index is 13.4. The van der Waals surface area contributed by atoms with Gasteiger partial charge in [0.15, 0.2) is 5.16 Å². The molecule has 9 heteroatoms. The number of ether oxygens (including phenoxy) is 2. The molecule has 0 N–H and O–H groups in total. The van der Waals surface area contributed by atoms with E-state index in [1.165, 1.54) is 23.4 Å². The minimum atomic E-state index is -0.222. The van der Waals surface area contributed by atoms with Gasteiger partial charge in [-0.3, -0.25) is 14.2 Å². The second-order valence-corrected chi connectivity index (χ2v) is 9.07. The first-order valence-corrected chi connectivity index (χ1v) is 11.7. The first kappa shape index (κ1) is 22.6. The molecule has 32 heavy (non-hydrogen) atoms. The Morgan fingerprint density at radius 2 is 1.94 bits per heavy atom. The molecule has 0 spiro atoms. The Labute approximate surface area is 195 Å². The molecule has 1 aliphatic rings.